The summed E-state index contributed by atoms with van der Waals surface area (Å²) >= 11 is 0. The summed E-state index contributed by atoms with van der Waals surface area (Å²) < 4.78 is 27.3. The minimum Gasteiger partial charge on any atom is -0.466 e. The number of aliphatic hydroxyl groups is 1. The van der Waals surface area contributed by atoms with E-state index in [0.29, 0.717) is 5.57 Å². The molecule has 192 valence electrons. The molecule has 2 aliphatic heterocycles. The number of fused-ring (bicyclic) bond motifs is 1. The highest BCUT2D eigenvalue weighted by Gasteiger charge is 2.60. The molecule has 0 saturated carbocycles. The second-order valence-electron chi connectivity index (χ2n) is 9.46. The van der Waals surface area contributed by atoms with Gasteiger partial charge in [0, 0.05) is 5.57 Å². The number of carbonyl (C=O) groups is 4. The van der Waals surface area contributed by atoms with Crippen LogP contribution in [0.4, 0.5) is 0 Å². The molecule has 0 spiro atoms. The van der Waals surface area contributed by atoms with Crippen molar-refractivity contribution in [1.29, 1.82) is 0 Å². The summed E-state index contributed by atoms with van der Waals surface area (Å²) in [4.78, 5) is 51.2. The summed E-state index contributed by atoms with van der Waals surface area (Å²) in [5.41, 5.74) is -1.11. The lowest BCUT2D eigenvalue weighted by molar-refractivity contribution is -0.178. The first-order valence-corrected chi connectivity index (χ1v) is 11.5. The maximum absolute atomic E-state index is 13.1. The molecule has 10 nitrogen and oxygen atoms in total. The highest BCUT2D eigenvalue weighted by Crippen LogP contribution is 2.42. The lowest BCUT2D eigenvalue weighted by atomic mass is 9.80. The van der Waals surface area contributed by atoms with Crippen LogP contribution in [0.25, 0.3) is 0 Å². The maximum Gasteiger partial charge on any atom is 0.341 e. The molecule has 1 N–H and O–H groups in total. The van der Waals surface area contributed by atoms with Crippen LogP contribution < -0.4 is 0 Å². The summed E-state index contributed by atoms with van der Waals surface area (Å²) in [6.45, 7) is 14.1. The second-order valence-corrected chi connectivity index (χ2v) is 9.46. The van der Waals surface area contributed by atoms with E-state index in [1.807, 2.05) is 0 Å². The van der Waals surface area contributed by atoms with Crippen LogP contribution in [0, 0.1) is 11.8 Å². The third-order valence-electron chi connectivity index (χ3n) is 6.70. The Morgan fingerprint density at radius 1 is 1.23 bits per heavy atom. The van der Waals surface area contributed by atoms with Gasteiger partial charge in [-0.25, -0.2) is 14.4 Å². The molecule has 35 heavy (non-hydrogen) atoms. The van der Waals surface area contributed by atoms with Crippen molar-refractivity contribution in [2.75, 3.05) is 7.11 Å². The lowest BCUT2D eigenvalue weighted by Crippen LogP contribution is -2.50. The van der Waals surface area contributed by atoms with E-state index in [0.717, 1.165) is 7.11 Å². The molecular formula is C25H32O10. The van der Waals surface area contributed by atoms with E-state index in [1.165, 1.54) is 13.0 Å². The number of hydrogen-bond donors (Lipinski definition) is 1. The van der Waals surface area contributed by atoms with E-state index >= 15 is 0 Å². The Hall–Kier alpha value is -2.98. The Balaban J connectivity index is 2.19. The van der Waals surface area contributed by atoms with Gasteiger partial charge in [-0.3, -0.25) is 4.79 Å². The standard InChI is InChI=1S/C25H32O10/c1-11(2)21(27)32-18-15(23(29)31-7)10-8-9-12(3)17(26)19-16(13(4)22(28)33-19)20(18)34-24(30)25(6)14(5)35-25/h10-11,14,16-20,26H,3-4,8-9H2,1-2,5-7H3/b15-10+/t14-,16+,17+,18+,19+,20+,25+/m1/s1. The fraction of sp³-hybridized carbons (Fsp3) is 0.600. The zero-order valence-corrected chi connectivity index (χ0v) is 20.6. The van der Waals surface area contributed by atoms with Crippen molar-refractivity contribution in [2.45, 2.75) is 76.7 Å². The van der Waals surface area contributed by atoms with Crippen LogP contribution in [0.5, 0.6) is 0 Å². The smallest absolute Gasteiger partial charge is 0.341 e. The SMILES string of the molecule is C=C1C(=O)O[C@H]2[C@H]1[C@H](OC(=O)[C@@]1(C)O[C@@H]1C)[C@@H](OC(=O)C(C)C)/C(C(=O)OC)=C\CCC(=C)[C@@H]2O. The molecule has 2 fully saturated rings. The number of epoxide rings is 1. The summed E-state index contributed by atoms with van der Waals surface area (Å²) in [5.74, 6) is -4.84. The number of hydrogen-bond acceptors (Lipinski definition) is 10. The van der Waals surface area contributed by atoms with Crippen molar-refractivity contribution in [3.05, 3.63) is 36.0 Å². The highest BCUT2D eigenvalue weighted by atomic mass is 16.7. The van der Waals surface area contributed by atoms with Gasteiger partial charge in [-0.2, -0.15) is 0 Å². The van der Waals surface area contributed by atoms with E-state index < -0.39 is 71.8 Å². The first-order valence-electron chi connectivity index (χ1n) is 11.5. The van der Waals surface area contributed by atoms with Gasteiger partial charge in [0.15, 0.2) is 17.8 Å². The summed E-state index contributed by atoms with van der Waals surface area (Å²) in [7, 11) is 1.16. The second kappa shape index (κ2) is 9.94. The van der Waals surface area contributed by atoms with Crippen LogP contribution >= 0.6 is 0 Å². The maximum atomic E-state index is 13.1. The number of rotatable bonds is 5. The van der Waals surface area contributed by atoms with E-state index in [4.69, 9.17) is 23.7 Å². The third-order valence-corrected chi connectivity index (χ3v) is 6.70. The molecule has 0 bridgehead atoms. The van der Waals surface area contributed by atoms with Crippen LogP contribution in [0.3, 0.4) is 0 Å². The Labute approximate surface area is 203 Å². The van der Waals surface area contributed by atoms with E-state index in [2.05, 4.69) is 13.2 Å². The normalized spacial score (nSPS) is 36.4. The van der Waals surface area contributed by atoms with Crippen molar-refractivity contribution in [3.8, 4) is 0 Å². The number of esters is 4. The minimum atomic E-state index is -1.48. The quantitative estimate of drug-likeness (QED) is 0.198. The average Bonchev–Trinajstić information content (AvgIpc) is 3.33. The molecular weight excluding hydrogens is 460 g/mol. The van der Waals surface area contributed by atoms with Gasteiger partial charge in [-0.05, 0) is 32.3 Å². The fourth-order valence-electron chi connectivity index (χ4n) is 4.16. The van der Waals surface area contributed by atoms with Crippen LogP contribution in [0.1, 0.15) is 40.5 Å². The van der Waals surface area contributed by atoms with Crippen LogP contribution in [-0.4, -0.2) is 72.2 Å². The third kappa shape index (κ3) is 5.04. The molecule has 7 atom stereocenters. The van der Waals surface area contributed by atoms with Crippen molar-refractivity contribution < 1.29 is 48.0 Å². The van der Waals surface area contributed by atoms with Gasteiger partial charge < -0.3 is 28.8 Å². The predicted octanol–water partition coefficient (Wildman–Crippen LogP) is 1.55. The minimum absolute atomic E-state index is 0.0793. The van der Waals surface area contributed by atoms with Gasteiger partial charge in [0.2, 0.25) is 0 Å². The number of aliphatic hydroxyl groups excluding tert-OH is 1. The van der Waals surface area contributed by atoms with Gasteiger partial charge in [0.1, 0.15) is 12.2 Å². The molecule has 1 aliphatic carbocycles. The first-order chi connectivity index (χ1) is 16.3. The van der Waals surface area contributed by atoms with E-state index in [-0.39, 0.29) is 24.0 Å². The molecule has 2 heterocycles. The molecule has 2 saturated heterocycles. The van der Waals surface area contributed by atoms with Crippen molar-refractivity contribution >= 4 is 23.9 Å². The van der Waals surface area contributed by atoms with Crippen molar-refractivity contribution in [2.24, 2.45) is 11.8 Å². The molecule has 0 aromatic carbocycles. The Bertz CT molecular complexity index is 979. The number of carbonyl (C=O) groups excluding carboxylic acids is 4. The number of ether oxygens (including phenoxy) is 5. The molecule has 0 aromatic heterocycles. The van der Waals surface area contributed by atoms with Gasteiger partial charge in [0.05, 0.1) is 30.6 Å². The van der Waals surface area contributed by atoms with Gasteiger partial charge in [-0.1, -0.05) is 33.1 Å². The van der Waals surface area contributed by atoms with E-state index in [9.17, 15) is 24.3 Å². The lowest BCUT2D eigenvalue weighted by Gasteiger charge is -2.36. The molecule has 0 amide bonds. The average molecular weight is 493 g/mol. The van der Waals surface area contributed by atoms with Crippen LogP contribution in [-0.2, 0) is 42.9 Å². The van der Waals surface area contributed by atoms with E-state index in [1.54, 1.807) is 20.8 Å². The molecule has 0 unspecified atom stereocenters. The molecule has 0 radical (unpaired) electrons. The van der Waals surface area contributed by atoms with Gasteiger partial charge >= 0.3 is 23.9 Å². The van der Waals surface area contributed by atoms with Gasteiger partial charge in [-0.15, -0.1) is 0 Å². The van der Waals surface area contributed by atoms with Crippen LogP contribution in [0.15, 0.2) is 36.0 Å². The molecule has 3 rings (SSSR count). The van der Waals surface area contributed by atoms with Gasteiger partial charge in [0.25, 0.3) is 0 Å². The molecule has 0 aromatic rings. The largest absolute Gasteiger partial charge is 0.466 e. The first kappa shape index (κ1) is 26.6. The van der Waals surface area contributed by atoms with Crippen molar-refractivity contribution in [3.63, 3.8) is 0 Å². The molecule has 3 aliphatic rings. The monoisotopic (exact) mass is 492 g/mol. The predicted molar refractivity (Wildman–Crippen MR) is 121 cm³/mol. The Morgan fingerprint density at radius 3 is 2.40 bits per heavy atom. The number of allylic oxidation sites excluding steroid dienone is 1. The molecule has 10 heteroatoms. The zero-order chi connectivity index (χ0) is 26.2. The summed E-state index contributed by atoms with van der Waals surface area (Å²) in [5, 5.41) is 10.9. The fourth-order valence-corrected chi connectivity index (χ4v) is 4.16. The van der Waals surface area contributed by atoms with Crippen LogP contribution in [0.2, 0.25) is 0 Å². The zero-order valence-electron chi connectivity index (χ0n) is 20.6. The Morgan fingerprint density at radius 2 is 1.86 bits per heavy atom. The summed E-state index contributed by atoms with van der Waals surface area (Å²) in [6, 6.07) is 0. The number of methoxy groups -OCH3 is 1. The highest BCUT2D eigenvalue weighted by molar-refractivity contribution is 5.93. The van der Waals surface area contributed by atoms with Crippen molar-refractivity contribution in [1.82, 2.24) is 0 Å². The summed E-state index contributed by atoms with van der Waals surface area (Å²) in [6.07, 6.45) is -3.97. The topological polar surface area (TPSA) is 138 Å². The Kier molecular flexibility index (Phi) is 7.56.